The summed E-state index contributed by atoms with van der Waals surface area (Å²) in [6.07, 6.45) is 5.47. The van der Waals surface area contributed by atoms with Crippen LogP contribution in [0.5, 0.6) is 0 Å². The average Bonchev–Trinajstić information content (AvgIpc) is 3.14. The highest BCUT2D eigenvalue weighted by Gasteiger charge is 2.29. The van der Waals surface area contributed by atoms with Gasteiger partial charge in [-0.05, 0) is 50.6 Å². The monoisotopic (exact) mass is 365 g/mol. The van der Waals surface area contributed by atoms with E-state index in [4.69, 9.17) is 4.98 Å². The fourth-order valence-corrected chi connectivity index (χ4v) is 4.85. The minimum Gasteiger partial charge on any atom is -0.346 e. The van der Waals surface area contributed by atoms with Gasteiger partial charge in [-0.2, -0.15) is 0 Å². The lowest BCUT2D eigenvalue weighted by atomic mass is 10.1. The molecule has 2 aromatic rings. The number of piperidine rings is 1. The number of halogens is 1. The van der Waals surface area contributed by atoms with E-state index in [1.165, 1.54) is 48.6 Å². The van der Waals surface area contributed by atoms with E-state index in [9.17, 15) is 0 Å². The molecule has 5 heteroatoms. The van der Waals surface area contributed by atoms with Crippen LogP contribution in [-0.4, -0.2) is 42.1 Å². The molecule has 1 aromatic heterocycles. The summed E-state index contributed by atoms with van der Waals surface area (Å²) in [6.45, 7) is 4.90. The third-order valence-corrected chi connectivity index (χ3v) is 6.27. The second-order valence-corrected chi connectivity index (χ2v) is 8.02. The molecule has 0 N–H and O–H groups in total. The third kappa shape index (κ3) is 2.83. The van der Waals surface area contributed by atoms with E-state index in [0.29, 0.717) is 0 Å². The van der Waals surface area contributed by atoms with Crippen molar-refractivity contribution in [2.45, 2.75) is 31.7 Å². The quantitative estimate of drug-likeness (QED) is 0.797. The van der Waals surface area contributed by atoms with Crippen LogP contribution in [0, 0.1) is 0 Å². The van der Waals surface area contributed by atoms with Gasteiger partial charge in [0.15, 0.2) is 5.13 Å². The van der Waals surface area contributed by atoms with Crippen molar-refractivity contribution in [2.24, 2.45) is 0 Å². The number of anilines is 1. The molecule has 112 valence electrons. The fourth-order valence-electron chi connectivity index (χ4n) is 3.52. The van der Waals surface area contributed by atoms with Gasteiger partial charge < -0.3 is 4.90 Å². The first-order valence-electron chi connectivity index (χ1n) is 7.85. The van der Waals surface area contributed by atoms with Gasteiger partial charge in [-0.25, -0.2) is 4.98 Å². The van der Waals surface area contributed by atoms with Crippen LogP contribution < -0.4 is 4.90 Å². The molecule has 2 aliphatic heterocycles. The molecule has 0 amide bonds. The number of hydrogen-bond acceptors (Lipinski definition) is 4. The smallest absolute Gasteiger partial charge is 0.186 e. The fraction of sp³-hybridized carbons (Fsp3) is 0.562. The Morgan fingerprint density at radius 3 is 2.86 bits per heavy atom. The molecule has 2 aliphatic rings. The summed E-state index contributed by atoms with van der Waals surface area (Å²) < 4.78 is 2.40. The summed E-state index contributed by atoms with van der Waals surface area (Å²) >= 11 is 5.36. The van der Waals surface area contributed by atoms with Gasteiger partial charge in [-0.15, -0.1) is 0 Å². The summed E-state index contributed by atoms with van der Waals surface area (Å²) in [5.41, 5.74) is 1.12. The van der Waals surface area contributed by atoms with Crippen LogP contribution in [0.3, 0.4) is 0 Å². The van der Waals surface area contributed by atoms with E-state index in [0.717, 1.165) is 29.1 Å². The third-order valence-electron chi connectivity index (χ3n) is 4.68. The molecule has 1 unspecified atom stereocenters. The van der Waals surface area contributed by atoms with Crippen LogP contribution >= 0.6 is 27.3 Å². The maximum absolute atomic E-state index is 4.83. The van der Waals surface area contributed by atoms with E-state index in [1.54, 1.807) is 0 Å². The first-order chi connectivity index (χ1) is 10.3. The van der Waals surface area contributed by atoms with Crippen LogP contribution in [0.25, 0.3) is 10.2 Å². The minimum atomic E-state index is 0.740. The predicted molar refractivity (Wildman–Crippen MR) is 93.4 cm³/mol. The van der Waals surface area contributed by atoms with Gasteiger partial charge in [0.25, 0.3) is 0 Å². The van der Waals surface area contributed by atoms with Crippen molar-refractivity contribution in [3.8, 4) is 0 Å². The Hall–Kier alpha value is -0.650. The van der Waals surface area contributed by atoms with Gasteiger partial charge in [0, 0.05) is 23.6 Å². The van der Waals surface area contributed by atoms with Gasteiger partial charge in [-0.3, -0.25) is 4.90 Å². The lowest BCUT2D eigenvalue weighted by Gasteiger charge is -2.32. The van der Waals surface area contributed by atoms with Crippen LogP contribution in [0.4, 0.5) is 5.13 Å². The highest BCUT2D eigenvalue weighted by molar-refractivity contribution is 9.10. The molecule has 2 fully saturated rings. The molecule has 2 saturated heterocycles. The summed E-state index contributed by atoms with van der Waals surface area (Å²) in [5, 5.41) is 1.20. The Bertz CT molecular complexity index is 635. The van der Waals surface area contributed by atoms with Crippen molar-refractivity contribution < 1.29 is 0 Å². The molecule has 4 rings (SSSR count). The van der Waals surface area contributed by atoms with Crippen LogP contribution in [0.1, 0.15) is 25.7 Å². The largest absolute Gasteiger partial charge is 0.346 e. The highest BCUT2D eigenvalue weighted by Crippen LogP contribution is 2.33. The number of thiazole rings is 1. The second kappa shape index (κ2) is 5.86. The minimum absolute atomic E-state index is 0.740. The maximum Gasteiger partial charge on any atom is 0.186 e. The summed E-state index contributed by atoms with van der Waals surface area (Å²) in [7, 11) is 0. The van der Waals surface area contributed by atoms with Gasteiger partial charge in [0.2, 0.25) is 0 Å². The Morgan fingerprint density at radius 2 is 2.00 bits per heavy atom. The van der Waals surface area contributed by atoms with Crippen molar-refractivity contribution in [2.75, 3.05) is 31.1 Å². The molecule has 21 heavy (non-hydrogen) atoms. The zero-order valence-electron chi connectivity index (χ0n) is 12.1. The Kier molecular flexibility index (Phi) is 3.90. The molecule has 0 aliphatic carbocycles. The standard InChI is InChI=1S/C16H20BrN3S/c17-12-4-5-15-14(10-12)18-16(21-15)20-9-6-13(11-20)19-7-2-1-3-8-19/h4-5,10,13H,1-3,6-9,11H2. The van der Waals surface area contributed by atoms with Gasteiger partial charge in [0.05, 0.1) is 10.2 Å². The molecule has 0 spiro atoms. The SMILES string of the molecule is Brc1ccc2sc(N3CCC(N4CCCCC4)C3)nc2c1. The molecular formula is C16H20BrN3S. The molecule has 1 atom stereocenters. The van der Waals surface area contributed by atoms with E-state index >= 15 is 0 Å². The van der Waals surface area contributed by atoms with Crippen molar-refractivity contribution in [3.63, 3.8) is 0 Å². The number of rotatable bonds is 2. The maximum atomic E-state index is 4.83. The molecular weight excluding hydrogens is 346 g/mol. The van der Waals surface area contributed by atoms with E-state index in [1.807, 2.05) is 11.3 Å². The van der Waals surface area contributed by atoms with E-state index in [-0.39, 0.29) is 0 Å². The van der Waals surface area contributed by atoms with Crippen molar-refractivity contribution >= 4 is 42.6 Å². The first kappa shape index (κ1) is 14.0. The zero-order chi connectivity index (χ0) is 14.2. The first-order valence-corrected chi connectivity index (χ1v) is 9.46. The summed E-state index contributed by atoms with van der Waals surface area (Å²) in [5.74, 6) is 0. The second-order valence-electron chi connectivity index (χ2n) is 6.09. The zero-order valence-corrected chi connectivity index (χ0v) is 14.5. The normalized spacial score (nSPS) is 24.0. The molecule has 0 radical (unpaired) electrons. The number of hydrogen-bond donors (Lipinski definition) is 0. The van der Waals surface area contributed by atoms with Crippen molar-refractivity contribution in [3.05, 3.63) is 22.7 Å². The van der Waals surface area contributed by atoms with Crippen molar-refractivity contribution in [1.82, 2.24) is 9.88 Å². The topological polar surface area (TPSA) is 19.4 Å². The lowest BCUT2D eigenvalue weighted by Crippen LogP contribution is -2.40. The molecule has 0 bridgehead atoms. The average molecular weight is 366 g/mol. The number of fused-ring (bicyclic) bond motifs is 1. The molecule has 3 nitrogen and oxygen atoms in total. The number of benzene rings is 1. The molecule has 1 aromatic carbocycles. The summed E-state index contributed by atoms with van der Waals surface area (Å²) in [4.78, 5) is 10.0. The summed E-state index contributed by atoms with van der Waals surface area (Å²) in [6, 6.07) is 7.13. The van der Waals surface area contributed by atoms with Crippen LogP contribution in [-0.2, 0) is 0 Å². The van der Waals surface area contributed by atoms with E-state index in [2.05, 4.69) is 43.9 Å². The van der Waals surface area contributed by atoms with Gasteiger partial charge >= 0.3 is 0 Å². The lowest BCUT2D eigenvalue weighted by molar-refractivity contribution is 0.175. The number of likely N-dealkylation sites (tertiary alicyclic amines) is 1. The number of aromatic nitrogens is 1. The van der Waals surface area contributed by atoms with Crippen LogP contribution in [0.2, 0.25) is 0 Å². The predicted octanol–water partition coefficient (Wildman–Crippen LogP) is 4.12. The Morgan fingerprint density at radius 1 is 1.14 bits per heavy atom. The molecule has 0 saturated carbocycles. The Balaban J connectivity index is 1.50. The van der Waals surface area contributed by atoms with Crippen LogP contribution in [0.15, 0.2) is 22.7 Å². The highest BCUT2D eigenvalue weighted by atomic mass is 79.9. The van der Waals surface area contributed by atoms with Gasteiger partial charge in [0.1, 0.15) is 0 Å². The van der Waals surface area contributed by atoms with Gasteiger partial charge in [-0.1, -0.05) is 33.7 Å². The molecule has 3 heterocycles. The Labute approximate surface area is 138 Å². The van der Waals surface area contributed by atoms with Crippen molar-refractivity contribution in [1.29, 1.82) is 0 Å². The van der Waals surface area contributed by atoms with E-state index < -0.39 is 0 Å². The number of nitrogens with zero attached hydrogens (tertiary/aromatic N) is 3.